The van der Waals surface area contributed by atoms with Gasteiger partial charge in [-0.3, -0.25) is 4.79 Å². The minimum atomic E-state index is -0.0156. The average Bonchev–Trinajstić information content (AvgIpc) is 2.62. The molecule has 4 nitrogen and oxygen atoms in total. The molecule has 0 aliphatic heterocycles. The van der Waals surface area contributed by atoms with Crippen molar-refractivity contribution in [2.45, 2.75) is 27.7 Å². The van der Waals surface area contributed by atoms with Crippen molar-refractivity contribution < 1.29 is 9.90 Å². The Bertz CT molecular complexity index is 493. The summed E-state index contributed by atoms with van der Waals surface area (Å²) in [6.45, 7) is 8.38. The van der Waals surface area contributed by atoms with Crippen molar-refractivity contribution in [2.24, 2.45) is 16.7 Å². The van der Waals surface area contributed by atoms with Gasteiger partial charge in [0.1, 0.15) is 5.75 Å². The van der Waals surface area contributed by atoms with Crippen molar-refractivity contribution in [1.82, 2.24) is 0 Å². The molecule has 1 fully saturated rings. The molecule has 98 valence electrons. The number of hydrogen-bond donors (Lipinski definition) is 3. The van der Waals surface area contributed by atoms with Crippen molar-refractivity contribution in [3.05, 3.63) is 18.2 Å². The molecule has 0 radical (unpaired) electrons. The van der Waals surface area contributed by atoms with E-state index in [9.17, 15) is 9.90 Å². The minimum absolute atomic E-state index is 0.00274. The highest BCUT2D eigenvalue weighted by atomic mass is 16.3. The fraction of sp³-hybridized carbons (Fsp3) is 0.500. The van der Waals surface area contributed by atoms with Gasteiger partial charge in [-0.1, -0.05) is 27.7 Å². The van der Waals surface area contributed by atoms with Gasteiger partial charge in [-0.2, -0.15) is 0 Å². The third-order valence-electron chi connectivity index (χ3n) is 4.58. The number of hydrogen-bond acceptors (Lipinski definition) is 3. The van der Waals surface area contributed by atoms with Gasteiger partial charge in [-0.25, -0.2) is 0 Å². The van der Waals surface area contributed by atoms with E-state index in [0.717, 1.165) is 0 Å². The van der Waals surface area contributed by atoms with Crippen molar-refractivity contribution in [3.63, 3.8) is 0 Å². The predicted octanol–water partition coefficient (Wildman–Crippen LogP) is 2.60. The molecular weight excluding hydrogens is 228 g/mol. The Labute approximate surface area is 107 Å². The number of aromatic hydroxyl groups is 1. The molecule has 0 spiro atoms. The molecule has 4 heteroatoms. The lowest BCUT2D eigenvalue weighted by atomic mass is 10.0. The molecule has 2 rings (SSSR count). The van der Waals surface area contributed by atoms with Gasteiger partial charge in [-0.15, -0.1) is 0 Å². The lowest BCUT2D eigenvalue weighted by Gasteiger charge is -2.09. The van der Waals surface area contributed by atoms with Crippen LogP contribution in [0.4, 0.5) is 11.4 Å². The van der Waals surface area contributed by atoms with Crippen LogP contribution < -0.4 is 11.1 Å². The van der Waals surface area contributed by atoms with Gasteiger partial charge in [0.05, 0.1) is 11.4 Å². The minimum Gasteiger partial charge on any atom is -0.508 e. The molecule has 0 aromatic heterocycles. The number of nitrogens with one attached hydrogen (secondary N) is 1. The number of nitrogens with two attached hydrogens (primary N) is 1. The number of phenolic OH excluding ortho intramolecular Hbond substituents is 1. The lowest BCUT2D eigenvalue weighted by molar-refractivity contribution is -0.118. The molecule has 0 atom stereocenters. The van der Waals surface area contributed by atoms with E-state index in [1.807, 2.05) is 0 Å². The van der Waals surface area contributed by atoms with Crippen LogP contribution in [0, 0.1) is 16.7 Å². The molecule has 1 aromatic rings. The van der Waals surface area contributed by atoms with Crippen LogP contribution in [-0.2, 0) is 4.79 Å². The molecule has 0 bridgehead atoms. The Hall–Kier alpha value is -1.71. The van der Waals surface area contributed by atoms with Gasteiger partial charge in [0.2, 0.25) is 5.91 Å². The number of carbonyl (C=O) groups excluding carboxylic acids is 1. The van der Waals surface area contributed by atoms with Gasteiger partial charge in [-0.05, 0) is 23.0 Å². The van der Waals surface area contributed by atoms with E-state index in [4.69, 9.17) is 5.73 Å². The maximum absolute atomic E-state index is 12.2. The summed E-state index contributed by atoms with van der Waals surface area (Å²) in [5.41, 5.74) is 6.68. The standard InChI is InChI=1S/C14H20N2O2/c1-13(2)11(14(13,3)4)12(18)16-10-6-5-8(17)7-9(10)15/h5-7,11,17H,15H2,1-4H3,(H,16,18). The molecule has 1 aliphatic rings. The zero-order valence-corrected chi connectivity index (χ0v) is 11.2. The van der Waals surface area contributed by atoms with Gasteiger partial charge in [0, 0.05) is 12.0 Å². The van der Waals surface area contributed by atoms with Crippen LogP contribution in [0.15, 0.2) is 18.2 Å². The van der Waals surface area contributed by atoms with Gasteiger partial charge < -0.3 is 16.2 Å². The Morgan fingerprint density at radius 2 is 1.83 bits per heavy atom. The second kappa shape index (κ2) is 3.64. The van der Waals surface area contributed by atoms with E-state index < -0.39 is 0 Å². The monoisotopic (exact) mass is 248 g/mol. The normalized spacial score (nSPS) is 20.4. The summed E-state index contributed by atoms with van der Waals surface area (Å²) < 4.78 is 0. The average molecular weight is 248 g/mol. The smallest absolute Gasteiger partial charge is 0.228 e. The fourth-order valence-electron chi connectivity index (χ4n) is 2.72. The summed E-state index contributed by atoms with van der Waals surface area (Å²) in [4.78, 5) is 12.2. The number of anilines is 2. The van der Waals surface area contributed by atoms with Crippen LogP contribution >= 0.6 is 0 Å². The first kappa shape index (κ1) is 12.7. The van der Waals surface area contributed by atoms with Gasteiger partial charge in [0.15, 0.2) is 0 Å². The molecule has 1 aliphatic carbocycles. The SMILES string of the molecule is CC1(C)C(C(=O)Nc2ccc(O)cc2N)C1(C)C. The molecule has 1 saturated carbocycles. The summed E-state index contributed by atoms with van der Waals surface area (Å²) in [6.07, 6.45) is 0. The van der Waals surface area contributed by atoms with Crippen LogP contribution in [0.1, 0.15) is 27.7 Å². The van der Waals surface area contributed by atoms with Crippen molar-refractivity contribution in [3.8, 4) is 5.75 Å². The van der Waals surface area contributed by atoms with Crippen LogP contribution in [-0.4, -0.2) is 11.0 Å². The van der Waals surface area contributed by atoms with Gasteiger partial charge >= 0.3 is 0 Å². The number of carbonyl (C=O) groups is 1. The maximum Gasteiger partial charge on any atom is 0.228 e. The van der Waals surface area contributed by atoms with Crippen molar-refractivity contribution in [1.29, 1.82) is 0 Å². The highest BCUT2D eigenvalue weighted by molar-refractivity contribution is 5.98. The van der Waals surface area contributed by atoms with Crippen molar-refractivity contribution in [2.75, 3.05) is 11.1 Å². The third-order valence-corrected chi connectivity index (χ3v) is 4.58. The first-order valence-corrected chi connectivity index (χ1v) is 6.07. The Morgan fingerprint density at radius 1 is 1.28 bits per heavy atom. The largest absolute Gasteiger partial charge is 0.508 e. The first-order valence-electron chi connectivity index (χ1n) is 6.07. The molecular formula is C14H20N2O2. The van der Waals surface area contributed by atoms with E-state index in [2.05, 4.69) is 33.0 Å². The summed E-state index contributed by atoms with van der Waals surface area (Å²) in [5.74, 6) is 0.0678. The number of amides is 1. The fourth-order valence-corrected chi connectivity index (χ4v) is 2.72. The first-order chi connectivity index (χ1) is 8.18. The number of benzene rings is 1. The van der Waals surface area contributed by atoms with Gasteiger partial charge in [0.25, 0.3) is 0 Å². The number of rotatable bonds is 2. The second-order valence-electron chi connectivity index (χ2n) is 6.14. The molecule has 0 heterocycles. The van der Waals surface area contributed by atoms with Crippen LogP contribution in [0.3, 0.4) is 0 Å². The summed E-state index contributed by atoms with van der Waals surface area (Å²) in [7, 11) is 0. The highest BCUT2D eigenvalue weighted by Gasteiger charge is 2.68. The quantitative estimate of drug-likeness (QED) is 0.556. The van der Waals surface area contributed by atoms with E-state index in [-0.39, 0.29) is 28.4 Å². The molecule has 4 N–H and O–H groups in total. The summed E-state index contributed by atoms with van der Waals surface area (Å²) in [6, 6.07) is 4.55. The summed E-state index contributed by atoms with van der Waals surface area (Å²) in [5, 5.41) is 12.1. The lowest BCUT2D eigenvalue weighted by Crippen LogP contribution is -2.18. The van der Waals surface area contributed by atoms with E-state index in [0.29, 0.717) is 11.4 Å². The summed E-state index contributed by atoms with van der Waals surface area (Å²) >= 11 is 0. The van der Waals surface area contributed by atoms with E-state index >= 15 is 0 Å². The zero-order chi connectivity index (χ0) is 13.7. The topological polar surface area (TPSA) is 75.3 Å². The third kappa shape index (κ3) is 1.72. The zero-order valence-electron chi connectivity index (χ0n) is 11.2. The molecule has 0 unspecified atom stereocenters. The van der Waals surface area contributed by atoms with Crippen LogP contribution in [0.5, 0.6) is 5.75 Å². The van der Waals surface area contributed by atoms with Crippen LogP contribution in [0.25, 0.3) is 0 Å². The highest BCUT2D eigenvalue weighted by Crippen LogP contribution is 2.68. The van der Waals surface area contributed by atoms with E-state index in [1.54, 1.807) is 6.07 Å². The molecule has 1 aromatic carbocycles. The molecule has 0 saturated heterocycles. The Morgan fingerprint density at radius 3 is 2.28 bits per heavy atom. The Balaban J connectivity index is 2.14. The van der Waals surface area contributed by atoms with Crippen molar-refractivity contribution >= 4 is 17.3 Å². The number of phenols is 1. The van der Waals surface area contributed by atoms with E-state index in [1.165, 1.54) is 12.1 Å². The molecule has 1 amide bonds. The molecule has 18 heavy (non-hydrogen) atoms. The second-order valence-corrected chi connectivity index (χ2v) is 6.14. The number of nitrogen functional groups attached to an aromatic ring is 1. The van der Waals surface area contributed by atoms with Crippen LogP contribution in [0.2, 0.25) is 0 Å². The Kier molecular flexibility index (Phi) is 2.58. The predicted molar refractivity (Wildman–Crippen MR) is 72.2 cm³/mol. The maximum atomic E-state index is 12.2.